The summed E-state index contributed by atoms with van der Waals surface area (Å²) in [6, 6.07) is 10.4. The van der Waals surface area contributed by atoms with Gasteiger partial charge in [0.15, 0.2) is 6.61 Å². The number of hydrogen-bond acceptors (Lipinski definition) is 1. The van der Waals surface area contributed by atoms with Gasteiger partial charge in [-0.2, -0.15) is 13.2 Å². The molecule has 0 aliphatic rings. The number of alkyl halides is 3. The van der Waals surface area contributed by atoms with Crippen LogP contribution >= 0.6 is 0 Å². The van der Waals surface area contributed by atoms with E-state index in [0.717, 1.165) is 32.3 Å². The summed E-state index contributed by atoms with van der Waals surface area (Å²) in [6.45, 7) is 0.760. The Labute approximate surface area is 198 Å². The average molecular weight is 467 g/mol. The highest BCUT2D eigenvalue weighted by molar-refractivity contribution is 5.80. The van der Waals surface area contributed by atoms with Gasteiger partial charge < -0.3 is 0 Å². The standard InChI is InChI=1S/C28H43F3NO/c29-28(30,31)22-17-13-11-9-7-5-3-1-2-4-6-8-10-12-14-18-24-33-32-23-21-26-19-15-16-20-27(26)25-32/h15-16,19-21,23,25H,1-14,17-18,22,24H2/q+1. The number of aromatic nitrogens is 1. The van der Waals surface area contributed by atoms with Gasteiger partial charge in [0.2, 0.25) is 12.4 Å². The van der Waals surface area contributed by atoms with Crippen LogP contribution in [0.2, 0.25) is 0 Å². The summed E-state index contributed by atoms with van der Waals surface area (Å²) in [7, 11) is 0. The van der Waals surface area contributed by atoms with Gasteiger partial charge in [0.05, 0.1) is 5.39 Å². The van der Waals surface area contributed by atoms with Crippen LogP contribution in [0.3, 0.4) is 0 Å². The lowest BCUT2D eigenvalue weighted by Crippen LogP contribution is -2.42. The lowest BCUT2D eigenvalue weighted by molar-refractivity contribution is -0.890. The molecule has 0 unspecified atom stereocenters. The van der Waals surface area contributed by atoms with Gasteiger partial charge >= 0.3 is 6.18 Å². The maximum atomic E-state index is 12.0. The molecule has 0 N–H and O–H groups in total. The molecule has 2 aromatic rings. The lowest BCUT2D eigenvalue weighted by Gasteiger charge is -2.05. The maximum absolute atomic E-state index is 12.0. The first kappa shape index (κ1) is 27.5. The third-order valence-corrected chi connectivity index (χ3v) is 6.26. The fourth-order valence-electron chi connectivity index (χ4n) is 4.27. The van der Waals surface area contributed by atoms with E-state index < -0.39 is 12.6 Å². The Bertz CT molecular complexity index is 747. The number of benzene rings is 1. The summed E-state index contributed by atoms with van der Waals surface area (Å²) in [4.78, 5) is 5.83. The van der Waals surface area contributed by atoms with Crippen LogP contribution in [0.5, 0.6) is 0 Å². The topological polar surface area (TPSA) is 13.1 Å². The number of halogens is 3. The minimum atomic E-state index is -3.98. The number of unbranched alkanes of at least 4 members (excludes halogenated alkanes) is 15. The highest BCUT2D eigenvalue weighted by Crippen LogP contribution is 2.23. The van der Waals surface area contributed by atoms with E-state index in [2.05, 4.69) is 24.3 Å². The Morgan fingerprint density at radius 2 is 1.03 bits per heavy atom. The molecule has 0 amide bonds. The molecule has 2 nitrogen and oxygen atoms in total. The van der Waals surface area contributed by atoms with Crippen molar-refractivity contribution in [2.45, 2.75) is 115 Å². The van der Waals surface area contributed by atoms with Crippen LogP contribution in [0.25, 0.3) is 10.8 Å². The van der Waals surface area contributed by atoms with E-state index in [-0.39, 0.29) is 0 Å². The molecular weight excluding hydrogens is 423 g/mol. The number of fused-ring (bicyclic) bond motifs is 1. The molecule has 0 atom stereocenters. The van der Waals surface area contributed by atoms with Crippen molar-refractivity contribution in [2.75, 3.05) is 6.61 Å². The molecular formula is C28H43F3NO+. The quantitative estimate of drug-likeness (QED) is 0.149. The minimum absolute atomic E-state index is 0.293. The van der Waals surface area contributed by atoms with Crippen molar-refractivity contribution < 1.29 is 22.7 Å². The molecule has 2 rings (SSSR count). The van der Waals surface area contributed by atoms with Crippen LogP contribution in [0.1, 0.15) is 109 Å². The van der Waals surface area contributed by atoms with Crippen molar-refractivity contribution in [3.05, 3.63) is 42.7 Å². The SMILES string of the molecule is FC(F)(F)CCCCCCCCCCCCCCCCCCO[n+]1ccc2ccccc2c1. The van der Waals surface area contributed by atoms with Gasteiger partial charge in [-0.1, -0.05) is 102 Å². The predicted octanol–water partition coefficient (Wildman–Crippen LogP) is 8.75. The summed E-state index contributed by atoms with van der Waals surface area (Å²) in [5.74, 6) is 0. The summed E-state index contributed by atoms with van der Waals surface area (Å²) < 4.78 is 38.0. The van der Waals surface area contributed by atoms with E-state index in [4.69, 9.17) is 4.84 Å². The monoisotopic (exact) mass is 466 g/mol. The van der Waals surface area contributed by atoms with Gasteiger partial charge in [-0.05, 0) is 30.7 Å². The molecule has 33 heavy (non-hydrogen) atoms. The molecule has 1 aromatic heterocycles. The Hall–Kier alpha value is -1.78. The van der Waals surface area contributed by atoms with E-state index in [1.54, 1.807) is 0 Å². The first-order valence-electron chi connectivity index (χ1n) is 13.1. The molecule has 1 aromatic carbocycles. The van der Waals surface area contributed by atoms with Gasteiger partial charge in [-0.25, -0.2) is 0 Å². The van der Waals surface area contributed by atoms with Crippen molar-refractivity contribution in [3.63, 3.8) is 0 Å². The van der Waals surface area contributed by atoms with Crippen LogP contribution in [-0.4, -0.2) is 12.8 Å². The van der Waals surface area contributed by atoms with Gasteiger partial charge in [-0.3, -0.25) is 4.84 Å². The number of hydrogen-bond donors (Lipinski definition) is 0. The molecule has 0 aliphatic carbocycles. The molecule has 0 aliphatic heterocycles. The first-order chi connectivity index (χ1) is 16.0. The Kier molecular flexibility index (Phi) is 14.0. The van der Waals surface area contributed by atoms with E-state index in [9.17, 15) is 13.2 Å². The van der Waals surface area contributed by atoms with Crippen molar-refractivity contribution in [1.82, 2.24) is 0 Å². The molecule has 0 radical (unpaired) electrons. The van der Waals surface area contributed by atoms with E-state index >= 15 is 0 Å². The highest BCUT2D eigenvalue weighted by atomic mass is 19.4. The van der Waals surface area contributed by atoms with Crippen LogP contribution in [0, 0.1) is 0 Å². The zero-order valence-electron chi connectivity index (χ0n) is 20.3. The van der Waals surface area contributed by atoms with E-state index in [1.807, 2.05) is 23.2 Å². The molecule has 0 spiro atoms. The van der Waals surface area contributed by atoms with Crippen molar-refractivity contribution in [2.24, 2.45) is 0 Å². The predicted molar refractivity (Wildman–Crippen MR) is 130 cm³/mol. The second-order valence-corrected chi connectivity index (χ2v) is 9.29. The zero-order chi connectivity index (χ0) is 23.6. The highest BCUT2D eigenvalue weighted by Gasteiger charge is 2.25. The largest absolute Gasteiger partial charge is 0.389 e. The normalized spacial score (nSPS) is 11.8. The summed E-state index contributed by atoms with van der Waals surface area (Å²) in [6.07, 6.45) is 17.7. The number of rotatable bonds is 19. The average Bonchev–Trinajstić information content (AvgIpc) is 2.79. The molecule has 0 fully saturated rings. The van der Waals surface area contributed by atoms with Crippen LogP contribution in [-0.2, 0) is 0 Å². The Morgan fingerprint density at radius 3 is 1.55 bits per heavy atom. The van der Waals surface area contributed by atoms with Gasteiger partial charge in [0.1, 0.15) is 0 Å². The summed E-state index contributed by atoms with van der Waals surface area (Å²) >= 11 is 0. The van der Waals surface area contributed by atoms with Crippen LogP contribution in [0.4, 0.5) is 13.2 Å². The van der Waals surface area contributed by atoms with Crippen molar-refractivity contribution >= 4 is 10.8 Å². The third kappa shape index (κ3) is 14.2. The van der Waals surface area contributed by atoms with Gasteiger partial charge in [-0.15, -0.1) is 0 Å². The molecule has 0 saturated heterocycles. The summed E-state index contributed by atoms with van der Waals surface area (Å²) in [5, 5.41) is 2.42. The van der Waals surface area contributed by atoms with Gasteiger partial charge in [0.25, 0.3) is 0 Å². The Balaban J connectivity index is 1.28. The molecule has 0 bridgehead atoms. The third-order valence-electron chi connectivity index (χ3n) is 6.26. The van der Waals surface area contributed by atoms with Crippen molar-refractivity contribution in [1.29, 1.82) is 0 Å². The van der Waals surface area contributed by atoms with Crippen LogP contribution < -0.4 is 9.57 Å². The van der Waals surface area contributed by atoms with Crippen molar-refractivity contribution in [3.8, 4) is 0 Å². The number of pyridine rings is 1. The fourth-order valence-corrected chi connectivity index (χ4v) is 4.27. The van der Waals surface area contributed by atoms with Crippen LogP contribution in [0.15, 0.2) is 42.7 Å². The molecule has 5 heteroatoms. The van der Waals surface area contributed by atoms with E-state index in [0.29, 0.717) is 6.42 Å². The first-order valence-corrected chi connectivity index (χ1v) is 13.1. The minimum Gasteiger partial charge on any atom is -0.271 e. The second kappa shape index (κ2) is 16.8. The smallest absolute Gasteiger partial charge is 0.271 e. The fraction of sp³-hybridized carbons (Fsp3) is 0.679. The second-order valence-electron chi connectivity index (χ2n) is 9.29. The van der Waals surface area contributed by atoms with E-state index in [1.165, 1.54) is 81.4 Å². The van der Waals surface area contributed by atoms with Gasteiger partial charge in [0, 0.05) is 17.2 Å². The maximum Gasteiger partial charge on any atom is 0.389 e. The lowest BCUT2D eigenvalue weighted by atomic mass is 10.0. The number of nitrogens with zero attached hydrogens (tertiary/aromatic N) is 1. The molecule has 186 valence electrons. The summed E-state index contributed by atoms with van der Waals surface area (Å²) in [5.41, 5.74) is 0. The molecule has 0 saturated carbocycles. The Morgan fingerprint density at radius 1 is 0.576 bits per heavy atom. The zero-order valence-corrected chi connectivity index (χ0v) is 20.3. The molecule has 1 heterocycles.